The number of nitrogens with one attached hydrogen (secondary N) is 1. The maximum Gasteiger partial charge on any atom is 0.251 e. The molecule has 1 amide bonds. The van der Waals surface area contributed by atoms with E-state index in [9.17, 15) is 13.2 Å². The van der Waals surface area contributed by atoms with Crippen molar-refractivity contribution >= 4 is 21.4 Å². The minimum absolute atomic E-state index is 0.00421. The average Bonchev–Trinajstić information content (AvgIpc) is 2.90. The molecule has 0 spiro atoms. The second kappa shape index (κ2) is 5.92. The first-order valence-corrected chi connectivity index (χ1v) is 7.90. The van der Waals surface area contributed by atoms with E-state index in [4.69, 9.17) is 10.3 Å². The molecule has 0 aliphatic heterocycles. The summed E-state index contributed by atoms with van der Waals surface area (Å²) in [5, 5.41) is 6.07. The van der Waals surface area contributed by atoms with Crippen LogP contribution in [0.5, 0.6) is 0 Å². The Bertz CT molecular complexity index is 741. The largest absolute Gasteiger partial charge is 0.399 e. The molecule has 0 radical (unpaired) electrons. The Morgan fingerprint density at radius 2 is 2.14 bits per heavy atom. The van der Waals surface area contributed by atoms with Crippen molar-refractivity contribution in [2.45, 2.75) is 11.3 Å². The number of carbonyl (C=O) groups excluding carboxylic acids is 1. The van der Waals surface area contributed by atoms with Crippen molar-refractivity contribution in [3.63, 3.8) is 0 Å². The van der Waals surface area contributed by atoms with Gasteiger partial charge in [-0.15, -0.1) is 0 Å². The van der Waals surface area contributed by atoms with Crippen LogP contribution in [0.25, 0.3) is 0 Å². The van der Waals surface area contributed by atoms with Gasteiger partial charge < -0.3 is 15.6 Å². The van der Waals surface area contributed by atoms with Gasteiger partial charge in [0, 0.05) is 30.5 Å². The number of anilines is 1. The summed E-state index contributed by atoms with van der Waals surface area (Å²) in [6.07, 6.45) is 2.71. The summed E-state index contributed by atoms with van der Waals surface area (Å²) in [5.74, 6) is -0.0218. The molecule has 3 N–H and O–H groups in total. The van der Waals surface area contributed by atoms with Gasteiger partial charge in [-0.3, -0.25) is 4.79 Å². The van der Waals surface area contributed by atoms with Gasteiger partial charge in [-0.1, -0.05) is 5.16 Å². The minimum atomic E-state index is -3.43. The van der Waals surface area contributed by atoms with Crippen molar-refractivity contribution in [2.75, 3.05) is 18.5 Å². The quantitative estimate of drug-likeness (QED) is 0.745. The van der Waals surface area contributed by atoms with Gasteiger partial charge in [0.25, 0.3) is 5.91 Å². The second-order valence-corrected chi connectivity index (χ2v) is 6.42. The minimum Gasteiger partial charge on any atom is -0.399 e. The molecular formula is C12H14N4O4S. The van der Waals surface area contributed by atoms with Gasteiger partial charge in [-0.25, -0.2) is 8.42 Å². The summed E-state index contributed by atoms with van der Waals surface area (Å²) in [7, 11) is -3.43. The zero-order valence-electron chi connectivity index (χ0n) is 11.2. The van der Waals surface area contributed by atoms with Crippen LogP contribution in [0.1, 0.15) is 16.2 Å². The number of benzene rings is 1. The van der Waals surface area contributed by atoms with Crippen LogP contribution in [0.2, 0.25) is 0 Å². The highest BCUT2D eigenvalue weighted by Crippen LogP contribution is 2.16. The van der Waals surface area contributed by atoms with Crippen molar-refractivity contribution in [2.24, 2.45) is 0 Å². The zero-order chi connectivity index (χ0) is 15.5. The number of amides is 1. The maximum atomic E-state index is 12.0. The lowest BCUT2D eigenvalue weighted by molar-refractivity contribution is 0.0953. The van der Waals surface area contributed by atoms with Gasteiger partial charge in [0.05, 0.1) is 4.90 Å². The number of sulfone groups is 1. The standard InChI is InChI=1S/C12H14N4O4S/c1-21(18,19)10-5-8(4-9(13)6-10)12(17)14-3-2-11-15-7-16-20-11/h4-7H,2-3,13H2,1H3,(H,14,17). The fourth-order valence-corrected chi connectivity index (χ4v) is 2.35. The molecule has 0 aliphatic carbocycles. The zero-order valence-corrected chi connectivity index (χ0v) is 12.1. The van der Waals surface area contributed by atoms with Crippen LogP contribution in [0.3, 0.4) is 0 Å². The fraction of sp³-hybridized carbons (Fsp3) is 0.250. The van der Waals surface area contributed by atoms with E-state index in [0.717, 1.165) is 6.26 Å². The maximum absolute atomic E-state index is 12.0. The third-order valence-corrected chi connectivity index (χ3v) is 3.74. The van der Waals surface area contributed by atoms with E-state index in [2.05, 4.69) is 15.5 Å². The van der Waals surface area contributed by atoms with E-state index in [1.54, 1.807) is 0 Å². The summed E-state index contributed by atoms with van der Waals surface area (Å²) >= 11 is 0. The molecule has 112 valence electrons. The smallest absolute Gasteiger partial charge is 0.251 e. The topological polar surface area (TPSA) is 128 Å². The molecule has 21 heavy (non-hydrogen) atoms. The monoisotopic (exact) mass is 310 g/mol. The van der Waals surface area contributed by atoms with E-state index >= 15 is 0 Å². The van der Waals surface area contributed by atoms with Gasteiger partial charge >= 0.3 is 0 Å². The number of nitrogens with zero attached hydrogens (tertiary/aromatic N) is 2. The van der Waals surface area contributed by atoms with Crippen LogP contribution in [0.4, 0.5) is 5.69 Å². The van der Waals surface area contributed by atoms with Crippen LogP contribution < -0.4 is 11.1 Å². The molecule has 0 saturated heterocycles. The first-order valence-electron chi connectivity index (χ1n) is 6.00. The lowest BCUT2D eigenvalue weighted by Gasteiger charge is -2.07. The summed E-state index contributed by atoms with van der Waals surface area (Å²) < 4.78 is 27.8. The molecule has 0 unspecified atom stereocenters. The highest BCUT2D eigenvalue weighted by molar-refractivity contribution is 7.90. The fourth-order valence-electron chi connectivity index (χ4n) is 1.66. The molecule has 1 heterocycles. The molecule has 2 aromatic rings. The Morgan fingerprint density at radius 1 is 1.38 bits per heavy atom. The average molecular weight is 310 g/mol. The third kappa shape index (κ3) is 4.02. The molecule has 1 aromatic carbocycles. The van der Waals surface area contributed by atoms with Crippen LogP contribution in [-0.4, -0.2) is 37.3 Å². The SMILES string of the molecule is CS(=O)(=O)c1cc(N)cc(C(=O)NCCc2ncno2)c1. The number of nitrogens with two attached hydrogens (primary N) is 1. The predicted octanol–water partition coefficient (Wildman–Crippen LogP) is 0.0278. The number of hydrogen-bond donors (Lipinski definition) is 2. The summed E-state index contributed by atoms with van der Waals surface area (Å²) in [6.45, 7) is 0.282. The van der Waals surface area contributed by atoms with E-state index in [1.807, 2.05) is 0 Å². The molecular weight excluding hydrogens is 296 g/mol. The molecule has 0 bridgehead atoms. The lowest BCUT2D eigenvalue weighted by atomic mass is 10.2. The number of rotatable bonds is 5. The molecule has 0 fully saturated rings. The molecule has 8 nitrogen and oxygen atoms in total. The molecule has 9 heteroatoms. The first kappa shape index (κ1) is 15.0. The Hall–Kier alpha value is -2.42. The molecule has 2 rings (SSSR count). The summed E-state index contributed by atoms with van der Waals surface area (Å²) in [4.78, 5) is 15.8. The van der Waals surface area contributed by atoms with Crippen molar-refractivity contribution in [3.05, 3.63) is 36.0 Å². The lowest BCUT2D eigenvalue weighted by Crippen LogP contribution is -2.26. The first-order chi connectivity index (χ1) is 9.86. The number of carbonyl (C=O) groups is 1. The Balaban J connectivity index is 2.07. The van der Waals surface area contributed by atoms with E-state index in [1.165, 1.54) is 24.5 Å². The van der Waals surface area contributed by atoms with Crippen LogP contribution in [0.15, 0.2) is 33.9 Å². The number of hydrogen-bond acceptors (Lipinski definition) is 7. The van der Waals surface area contributed by atoms with Gasteiger partial charge in [0.1, 0.15) is 0 Å². The highest BCUT2D eigenvalue weighted by Gasteiger charge is 2.13. The third-order valence-electron chi connectivity index (χ3n) is 2.65. The van der Waals surface area contributed by atoms with E-state index in [-0.39, 0.29) is 22.7 Å². The van der Waals surface area contributed by atoms with Crippen molar-refractivity contribution in [3.8, 4) is 0 Å². The van der Waals surface area contributed by atoms with Gasteiger partial charge in [0.2, 0.25) is 5.89 Å². The van der Waals surface area contributed by atoms with Gasteiger partial charge in [-0.05, 0) is 18.2 Å². The van der Waals surface area contributed by atoms with Crippen molar-refractivity contribution in [1.29, 1.82) is 0 Å². The van der Waals surface area contributed by atoms with Crippen LogP contribution >= 0.6 is 0 Å². The Morgan fingerprint density at radius 3 is 2.76 bits per heavy atom. The Kier molecular flexibility index (Phi) is 4.22. The van der Waals surface area contributed by atoms with Gasteiger partial charge in [0.15, 0.2) is 16.2 Å². The normalized spacial score (nSPS) is 11.3. The number of aromatic nitrogens is 2. The van der Waals surface area contributed by atoms with Gasteiger partial charge in [-0.2, -0.15) is 4.98 Å². The van der Waals surface area contributed by atoms with E-state index < -0.39 is 15.7 Å². The highest BCUT2D eigenvalue weighted by atomic mass is 32.2. The second-order valence-electron chi connectivity index (χ2n) is 4.40. The van der Waals surface area contributed by atoms with Crippen LogP contribution in [0, 0.1) is 0 Å². The molecule has 0 saturated carbocycles. The van der Waals surface area contributed by atoms with Crippen LogP contribution in [-0.2, 0) is 16.3 Å². The molecule has 1 aromatic heterocycles. The Labute approximate surface area is 121 Å². The van der Waals surface area contributed by atoms with Crippen molar-refractivity contribution in [1.82, 2.24) is 15.5 Å². The van der Waals surface area contributed by atoms with E-state index in [0.29, 0.717) is 12.3 Å². The molecule has 0 aliphatic rings. The predicted molar refractivity (Wildman–Crippen MR) is 74.3 cm³/mol. The number of nitrogen functional groups attached to an aromatic ring is 1. The summed E-state index contributed by atoms with van der Waals surface area (Å²) in [5.41, 5.74) is 6.01. The summed E-state index contributed by atoms with van der Waals surface area (Å²) in [6, 6.07) is 4.01. The molecule has 0 atom stereocenters. The van der Waals surface area contributed by atoms with Crippen molar-refractivity contribution < 1.29 is 17.7 Å².